The first kappa shape index (κ1) is 34.1. The molecule has 0 N–H and O–H groups in total. The third-order valence-electron chi connectivity index (χ3n) is 13.1. The molecule has 0 radical (unpaired) electrons. The molecule has 0 unspecified atom stereocenters. The second-order valence-electron chi connectivity index (χ2n) is 16.4. The average molecular weight is 806 g/mol. The molecule has 0 bridgehead atoms. The highest BCUT2D eigenvalue weighted by atomic mass is 16.3. The molecule has 6 nitrogen and oxygen atoms in total. The third kappa shape index (κ3) is 4.91. The molecule has 0 atom stereocenters. The van der Waals surface area contributed by atoms with Crippen molar-refractivity contribution in [2.75, 3.05) is 0 Å². The van der Waals surface area contributed by atoms with E-state index in [2.05, 4.69) is 200 Å². The Bertz CT molecular complexity index is 3880. The van der Waals surface area contributed by atoms with Crippen LogP contribution in [-0.2, 0) is 0 Å². The van der Waals surface area contributed by atoms with Crippen LogP contribution in [0.3, 0.4) is 0 Å². The minimum atomic E-state index is 0.848. The fourth-order valence-electron chi connectivity index (χ4n) is 10.3. The van der Waals surface area contributed by atoms with Gasteiger partial charge in [-0.05, 0) is 97.1 Å². The van der Waals surface area contributed by atoms with Crippen LogP contribution in [0.2, 0.25) is 0 Å². The van der Waals surface area contributed by atoms with Crippen molar-refractivity contribution >= 4 is 87.4 Å². The van der Waals surface area contributed by atoms with Gasteiger partial charge in [-0.3, -0.25) is 4.57 Å². The Balaban J connectivity index is 1.01. The topological polar surface area (TPSA) is 45.8 Å². The fraction of sp³-hybridized carbons (Fsp3) is 0. The van der Waals surface area contributed by atoms with Gasteiger partial charge in [0, 0.05) is 83.8 Å². The quantitative estimate of drug-likeness (QED) is 0.174. The lowest BCUT2D eigenvalue weighted by Crippen LogP contribution is -1.96. The number of aromatic nitrogens is 5. The van der Waals surface area contributed by atoms with Gasteiger partial charge in [0.1, 0.15) is 17.0 Å². The van der Waals surface area contributed by atoms with Gasteiger partial charge in [-0.2, -0.15) is 0 Å². The first-order valence-corrected chi connectivity index (χ1v) is 21.4. The zero-order valence-electron chi connectivity index (χ0n) is 33.9. The summed E-state index contributed by atoms with van der Waals surface area (Å²) in [5, 5.41) is 9.47. The lowest BCUT2D eigenvalue weighted by molar-refractivity contribution is 0.669. The second-order valence-corrected chi connectivity index (χ2v) is 16.4. The van der Waals surface area contributed by atoms with E-state index in [0.29, 0.717) is 0 Å². The van der Waals surface area contributed by atoms with Crippen molar-refractivity contribution < 1.29 is 4.42 Å². The molecular formula is C57H35N5O. The SMILES string of the molecule is c1ccc(-c2nccn2-c2ccc3oc4ccc(-n5c6ccc(-n7c8ccccc8c8ccccc87)cc6c6cc(-n7c8ccccc8c8ccccc87)ccc65)cc4c3c2)cc1. The van der Waals surface area contributed by atoms with Crippen molar-refractivity contribution in [2.24, 2.45) is 0 Å². The van der Waals surface area contributed by atoms with Crippen LogP contribution in [-0.4, -0.2) is 23.3 Å². The number of rotatable bonds is 5. The van der Waals surface area contributed by atoms with E-state index < -0.39 is 0 Å². The van der Waals surface area contributed by atoms with Crippen LogP contribution >= 0.6 is 0 Å². The van der Waals surface area contributed by atoms with E-state index in [0.717, 1.165) is 67.1 Å². The Hall–Kier alpha value is -8.61. The van der Waals surface area contributed by atoms with Crippen molar-refractivity contribution in [3.05, 3.63) is 213 Å². The monoisotopic (exact) mass is 805 g/mol. The molecule has 14 aromatic rings. The maximum atomic E-state index is 6.50. The van der Waals surface area contributed by atoms with Gasteiger partial charge in [0.2, 0.25) is 0 Å². The minimum Gasteiger partial charge on any atom is -0.456 e. The largest absolute Gasteiger partial charge is 0.456 e. The number of nitrogens with zero attached hydrogens (tertiary/aromatic N) is 5. The number of hydrogen-bond donors (Lipinski definition) is 0. The summed E-state index contributed by atoms with van der Waals surface area (Å²) in [7, 11) is 0. The number of para-hydroxylation sites is 4. The molecule has 5 aromatic heterocycles. The highest BCUT2D eigenvalue weighted by Gasteiger charge is 2.20. The first-order valence-electron chi connectivity index (χ1n) is 21.4. The summed E-state index contributed by atoms with van der Waals surface area (Å²) in [6.07, 6.45) is 3.89. The molecule has 0 amide bonds. The normalized spacial score (nSPS) is 12.1. The van der Waals surface area contributed by atoms with E-state index in [1.807, 2.05) is 30.6 Å². The Morgan fingerprint density at radius 1 is 0.317 bits per heavy atom. The molecule has 0 fully saturated rings. The molecular weight excluding hydrogens is 771 g/mol. The van der Waals surface area contributed by atoms with E-state index in [1.165, 1.54) is 54.4 Å². The molecule has 0 aliphatic carbocycles. The van der Waals surface area contributed by atoms with E-state index in [1.54, 1.807) is 0 Å². The summed E-state index contributed by atoms with van der Waals surface area (Å²) < 4.78 is 15.9. The van der Waals surface area contributed by atoms with Gasteiger partial charge in [0.25, 0.3) is 0 Å². The van der Waals surface area contributed by atoms with Crippen LogP contribution in [0.1, 0.15) is 0 Å². The van der Waals surface area contributed by atoms with Crippen molar-refractivity contribution in [2.45, 2.75) is 0 Å². The maximum absolute atomic E-state index is 6.50. The van der Waals surface area contributed by atoms with Crippen LogP contribution in [0.25, 0.3) is 121 Å². The lowest BCUT2D eigenvalue weighted by Gasteiger charge is -2.11. The molecule has 0 saturated heterocycles. The summed E-state index contributed by atoms with van der Waals surface area (Å²) in [4.78, 5) is 4.74. The molecule has 5 heterocycles. The number of hydrogen-bond acceptors (Lipinski definition) is 2. The van der Waals surface area contributed by atoms with Gasteiger partial charge < -0.3 is 18.1 Å². The van der Waals surface area contributed by atoms with Crippen LogP contribution in [0.4, 0.5) is 0 Å². The minimum absolute atomic E-state index is 0.848. The Labute approximate surface area is 360 Å². The Morgan fingerprint density at radius 2 is 0.698 bits per heavy atom. The molecule has 0 aliphatic rings. The zero-order valence-corrected chi connectivity index (χ0v) is 33.9. The molecule has 9 aromatic carbocycles. The van der Waals surface area contributed by atoms with Gasteiger partial charge in [-0.1, -0.05) is 103 Å². The highest BCUT2D eigenvalue weighted by Crippen LogP contribution is 2.41. The third-order valence-corrected chi connectivity index (χ3v) is 13.1. The highest BCUT2D eigenvalue weighted by molar-refractivity contribution is 6.14. The molecule has 63 heavy (non-hydrogen) atoms. The predicted molar refractivity (Wildman–Crippen MR) is 259 cm³/mol. The van der Waals surface area contributed by atoms with Crippen molar-refractivity contribution in [1.29, 1.82) is 0 Å². The van der Waals surface area contributed by atoms with Gasteiger partial charge in [0.15, 0.2) is 0 Å². The zero-order chi connectivity index (χ0) is 41.2. The summed E-state index contributed by atoms with van der Waals surface area (Å²) in [6.45, 7) is 0. The van der Waals surface area contributed by atoms with Gasteiger partial charge in [0.05, 0.1) is 33.1 Å². The second kappa shape index (κ2) is 12.9. The van der Waals surface area contributed by atoms with Crippen LogP contribution in [0.5, 0.6) is 0 Å². The summed E-state index contributed by atoms with van der Waals surface area (Å²) >= 11 is 0. The maximum Gasteiger partial charge on any atom is 0.144 e. The van der Waals surface area contributed by atoms with Gasteiger partial charge in [-0.25, -0.2) is 4.98 Å². The molecule has 14 rings (SSSR count). The Kier molecular flexibility index (Phi) is 7.02. The Morgan fingerprint density at radius 3 is 1.19 bits per heavy atom. The number of benzene rings is 9. The molecule has 0 spiro atoms. The van der Waals surface area contributed by atoms with E-state index in [-0.39, 0.29) is 0 Å². The standard InChI is InChI=1S/C57H35N5O/c1-2-12-36(13-3-1)57-58-30-31-59(57)37-24-28-55-47(32-37)48-35-40(25-29-56(48)63-55)62-53-26-22-38(60-49-18-8-4-14-41(49)42-15-5-9-19-50(42)60)33-45(53)46-34-39(23-27-54(46)62)61-51-20-10-6-16-43(51)44-17-7-11-21-52(44)61/h1-35H. The van der Waals surface area contributed by atoms with Crippen LogP contribution in [0, 0.1) is 0 Å². The van der Waals surface area contributed by atoms with E-state index in [9.17, 15) is 0 Å². The van der Waals surface area contributed by atoms with Crippen LogP contribution in [0.15, 0.2) is 217 Å². The van der Waals surface area contributed by atoms with E-state index >= 15 is 0 Å². The van der Waals surface area contributed by atoms with Crippen molar-refractivity contribution in [1.82, 2.24) is 23.3 Å². The predicted octanol–water partition coefficient (Wildman–Crippen LogP) is 14.7. The first-order chi connectivity index (χ1) is 31.2. The molecule has 294 valence electrons. The van der Waals surface area contributed by atoms with E-state index in [4.69, 9.17) is 9.40 Å². The molecule has 0 saturated carbocycles. The fourth-order valence-corrected chi connectivity index (χ4v) is 10.3. The summed E-state index contributed by atoms with van der Waals surface area (Å²) in [5.74, 6) is 0.897. The van der Waals surface area contributed by atoms with Crippen molar-refractivity contribution in [3.8, 4) is 34.1 Å². The number of fused-ring (bicyclic) bond motifs is 12. The lowest BCUT2D eigenvalue weighted by atomic mass is 10.1. The summed E-state index contributed by atoms with van der Waals surface area (Å²) in [6, 6.07) is 72.2. The molecule has 0 aliphatic heterocycles. The number of imidazole rings is 1. The van der Waals surface area contributed by atoms with Crippen molar-refractivity contribution in [3.63, 3.8) is 0 Å². The summed E-state index contributed by atoms with van der Waals surface area (Å²) in [5.41, 5.74) is 14.1. The van der Waals surface area contributed by atoms with Gasteiger partial charge in [-0.15, -0.1) is 0 Å². The average Bonchev–Trinajstić information content (AvgIpc) is 4.17. The smallest absolute Gasteiger partial charge is 0.144 e. The van der Waals surface area contributed by atoms with Crippen LogP contribution < -0.4 is 0 Å². The number of furan rings is 1. The molecule has 6 heteroatoms. The van der Waals surface area contributed by atoms with Gasteiger partial charge >= 0.3 is 0 Å².